The zero-order valence-electron chi connectivity index (χ0n) is 13.6. The molecule has 2 heterocycles. The molecule has 0 atom stereocenters. The molecule has 6 nitrogen and oxygen atoms in total. The molecule has 1 saturated heterocycles. The van der Waals surface area contributed by atoms with Crippen LogP contribution in [0.2, 0.25) is 5.02 Å². The predicted octanol–water partition coefficient (Wildman–Crippen LogP) is 1.91. The zero-order valence-corrected chi connectivity index (χ0v) is 14.3. The van der Waals surface area contributed by atoms with Crippen LogP contribution in [0.1, 0.15) is 11.3 Å². The maximum absolute atomic E-state index is 12.4. The van der Waals surface area contributed by atoms with Crippen molar-refractivity contribution >= 4 is 29.3 Å². The highest BCUT2D eigenvalue weighted by atomic mass is 35.5. The molecule has 0 bridgehead atoms. The number of carbonyl (C=O) groups is 1. The van der Waals surface area contributed by atoms with Gasteiger partial charge in [-0.1, -0.05) is 23.7 Å². The summed E-state index contributed by atoms with van der Waals surface area (Å²) in [5.74, 6) is 1.24. The molecule has 126 valence electrons. The summed E-state index contributed by atoms with van der Waals surface area (Å²) < 4.78 is 0. The molecule has 0 saturated carbocycles. The average Bonchev–Trinajstić information content (AvgIpc) is 2.56. The minimum atomic E-state index is 0.135. The number of hydrogen-bond donors (Lipinski definition) is 1. The summed E-state index contributed by atoms with van der Waals surface area (Å²) in [6.07, 6.45) is 0.400. The van der Waals surface area contributed by atoms with E-state index in [1.54, 1.807) is 0 Å². The number of aromatic nitrogens is 2. The highest BCUT2D eigenvalue weighted by molar-refractivity contribution is 6.30. The second-order valence-corrected chi connectivity index (χ2v) is 6.33. The third-order valence-electron chi connectivity index (χ3n) is 4.08. The number of halogens is 1. The number of nitrogens with zero attached hydrogens (tertiary/aromatic N) is 4. The molecule has 1 aromatic carbocycles. The number of nitrogens with two attached hydrogens (primary N) is 1. The number of rotatable bonds is 3. The van der Waals surface area contributed by atoms with E-state index in [4.69, 9.17) is 17.3 Å². The lowest BCUT2D eigenvalue weighted by molar-refractivity contribution is -0.130. The van der Waals surface area contributed by atoms with Gasteiger partial charge in [-0.05, 0) is 24.6 Å². The van der Waals surface area contributed by atoms with E-state index < -0.39 is 0 Å². The molecule has 1 fully saturated rings. The number of aryl methyl sites for hydroxylation is 1. The maximum atomic E-state index is 12.4. The Morgan fingerprint density at radius 3 is 2.46 bits per heavy atom. The predicted molar refractivity (Wildman–Crippen MR) is 95.1 cm³/mol. The van der Waals surface area contributed by atoms with Gasteiger partial charge in [0, 0.05) is 43.0 Å². The van der Waals surface area contributed by atoms with Crippen LogP contribution >= 0.6 is 11.6 Å². The van der Waals surface area contributed by atoms with Crippen molar-refractivity contribution in [1.29, 1.82) is 0 Å². The number of anilines is 2. The topological polar surface area (TPSA) is 75.3 Å². The number of amides is 1. The summed E-state index contributed by atoms with van der Waals surface area (Å²) in [6.45, 7) is 4.72. The smallest absolute Gasteiger partial charge is 0.227 e. The van der Waals surface area contributed by atoms with Crippen LogP contribution in [0.4, 0.5) is 11.8 Å². The summed E-state index contributed by atoms with van der Waals surface area (Å²) in [5.41, 5.74) is 7.54. The molecule has 7 heteroatoms. The second kappa shape index (κ2) is 7.05. The summed E-state index contributed by atoms with van der Waals surface area (Å²) in [4.78, 5) is 24.8. The third-order valence-corrected chi connectivity index (χ3v) is 4.33. The van der Waals surface area contributed by atoms with Gasteiger partial charge < -0.3 is 15.5 Å². The van der Waals surface area contributed by atoms with Crippen LogP contribution in [0.3, 0.4) is 0 Å². The van der Waals surface area contributed by atoms with E-state index in [-0.39, 0.29) is 11.9 Å². The summed E-state index contributed by atoms with van der Waals surface area (Å²) in [5, 5.41) is 0.680. The molecule has 2 N–H and O–H groups in total. The zero-order chi connectivity index (χ0) is 17.1. The minimum Gasteiger partial charge on any atom is -0.368 e. The fourth-order valence-electron chi connectivity index (χ4n) is 2.81. The number of carbonyl (C=O) groups excluding carboxylic acids is 1. The molecule has 2 aromatic rings. The Kier molecular flexibility index (Phi) is 4.85. The molecule has 1 amide bonds. The Bertz CT molecular complexity index is 706. The summed E-state index contributed by atoms with van der Waals surface area (Å²) in [6, 6.07) is 9.32. The molecular weight excluding hydrogens is 326 g/mol. The molecule has 0 unspecified atom stereocenters. The second-order valence-electron chi connectivity index (χ2n) is 5.90. The molecule has 0 spiro atoms. The van der Waals surface area contributed by atoms with Gasteiger partial charge in [0.1, 0.15) is 5.82 Å². The van der Waals surface area contributed by atoms with Crippen LogP contribution in [0.5, 0.6) is 0 Å². The van der Waals surface area contributed by atoms with E-state index in [2.05, 4.69) is 14.9 Å². The Labute approximate surface area is 146 Å². The number of hydrogen-bond acceptors (Lipinski definition) is 5. The first-order valence-corrected chi connectivity index (χ1v) is 8.27. The normalized spacial score (nSPS) is 14.8. The standard InChI is InChI=1S/C17H20ClN5O/c1-12-10-15(21-17(19)20-12)22-6-8-23(9-7-22)16(24)11-13-2-4-14(18)5-3-13/h2-5,10H,6-9,11H2,1H3,(H2,19,20,21). The van der Waals surface area contributed by atoms with Gasteiger partial charge in [0.25, 0.3) is 0 Å². The van der Waals surface area contributed by atoms with Gasteiger partial charge in [-0.15, -0.1) is 0 Å². The third kappa shape index (κ3) is 3.94. The molecule has 1 aliphatic heterocycles. The van der Waals surface area contributed by atoms with Gasteiger partial charge in [-0.25, -0.2) is 4.98 Å². The Hall–Kier alpha value is -2.34. The lowest BCUT2D eigenvalue weighted by atomic mass is 10.1. The SMILES string of the molecule is Cc1cc(N2CCN(C(=O)Cc3ccc(Cl)cc3)CC2)nc(N)n1. The largest absolute Gasteiger partial charge is 0.368 e. The van der Waals surface area contributed by atoms with Crippen LogP contribution in [-0.4, -0.2) is 47.0 Å². The van der Waals surface area contributed by atoms with E-state index in [0.29, 0.717) is 24.5 Å². The highest BCUT2D eigenvalue weighted by Crippen LogP contribution is 2.17. The van der Waals surface area contributed by atoms with Crippen LogP contribution in [0.25, 0.3) is 0 Å². The molecule has 3 rings (SSSR count). The van der Waals surface area contributed by atoms with Gasteiger partial charge in [0.15, 0.2) is 0 Å². The summed E-state index contributed by atoms with van der Waals surface area (Å²) in [7, 11) is 0. The van der Waals surface area contributed by atoms with Crippen LogP contribution in [-0.2, 0) is 11.2 Å². The van der Waals surface area contributed by atoms with Gasteiger partial charge in [-0.2, -0.15) is 4.98 Å². The molecule has 24 heavy (non-hydrogen) atoms. The number of piperazine rings is 1. The Morgan fingerprint density at radius 2 is 1.83 bits per heavy atom. The first-order valence-electron chi connectivity index (χ1n) is 7.89. The molecule has 1 aliphatic rings. The average molecular weight is 346 g/mol. The van der Waals surface area contributed by atoms with E-state index in [0.717, 1.165) is 30.2 Å². The first-order chi connectivity index (χ1) is 11.5. The number of benzene rings is 1. The Morgan fingerprint density at radius 1 is 1.17 bits per heavy atom. The van der Waals surface area contributed by atoms with Crippen molar-refractivity contribution in [2.75, 3.05) is 36.8 Å². The van der Waals surface area contributed by atoms with E-state index >= 15 is 0 Å². The van der Waals surface area contributed by atoms with Crippen molar-refractivity contribution in [3.05, 3.63) is 46.6 Å². The number of nitrogen functional groups attached to an aromatic ring is 1. The first kappa shape index (κ1) is 16.5. The molecular formula is C17H20ClN5O. The van der Waals surface area contributed by atoms with Crippen molar-refractivity contribution in [2.24, 2.45) is 0 Å². The van der Waals surface area contributed by atoms with Crippen molar-refractivity contribution in [1.82, 2.24) is 14.9 Å². The maximum Gasteiger partial charge on any atom is 0.227 e. The summed E-state index contributed by atoms with van der Waals surface area (Å²) >= 11 is 5.87. The highest BCUT2D eigenvalue weighted by Gasteiger charge is 2.22. The monoisotopic (exact) mass is 345 g/mol. The van der Waals surface area contributed by atoms with Crippen LogP contribution in [0.15, 0.2) is 30.3 Å². The van der Waals surface area contributed by atoms with Gasteiger partial charge in [-0.3, -0.25) is 4.79 Å². The van der Waals surface area contributed by atoms with E-state index in [1.165, 1.54) is 0 Å². The van der Waals surface area contributed by atoms with E-state index in [9.17, 15) is 4.79 Å². The lowest BCUT2D eigenvalue weighted by Gasteiger charge is -2.35. The lowest BCUT2D eigenvalue weighted by Crippen LogP contribution is -2.49. The van der Waals surface area contributed by atoms with E-state index in [1.807, 2.05) is 42.2 Å². The van der Waals surface area contributed by atoms with Crippen molar-refractivity contribution < 1.29 is 4.79 Å². The molecule has 0 aliphatic carbocycles. The molecule has 0 radical (unpaired) electrons. The van der Waals surface area contributed by atoms with Crippen molar-refractivity contribution in [3.8, 4) is 0 Å². The van der Waals surface area contributed by atoms with Gasteiger partial charge in [0.2, 0.25) is 11.9 Å². The van der Waals surface area contributed by atoms with Crippen molar-refractivity contribution in [3.63, 3.8) is 0 Å². The van der Waals surface area contributed by atoms with Gasteiger partial charge >= 0.3 is 0 Å². The Balaban J connectivity index is 1.58. The van der Waals surface area contributed by atoms with Crippen LogP contribution < -0.4 is 10.6 Å². The fourth-order valence-corrected chi connectivity index (χ4v) is 2.94. The van der Waals surface area contributed by atoms with Crippen molar-refractivity contribution in [2.45, 2.75) is 13.3 Å². The molecule has 1 aromatic heterocycles. The quantitative estimate of drug-likeness (QED) is 0.919. The van der Waals surface area contributed by atoms with Crippen LogP contribution in [0, 0.1) is 6.92 Å². The fraction of sp³-hybridized carbons (Fsp3) is 0.353. The van der Waals surface area contributed by atoms with Gasteiger partial charge in [0.05, 0.1) is 6.42 Å². The minimum absolute atomic E-state index is 0.135.